The minimum atomic E-state index is 0.764. The molecule has 0 spiro atoms. The molecule has 72 valence electrons. The second kappa shape index (κ2) is 4.86. The van der Waals surface area contributed by atoms with Crippen LogP contribution in [0.3, 0.4) is 0 Å². The summed E-state index contributed by atoms with van der Waals surface area (Å²) in [4.78, 5) is 0. The lowest BCUT2D eigenvalue weighted by Gasteiger charge is -2.32. The van der Waals surface area contributed by atoms with E-state index in [4.69, 9.17) is 0 Å². The summed E-state index contributed by atoms with van der Waals surface area (Å²) in [7, 11) is 2.11. The first-order chi connectivity index (χ1) is 5.77. The molecule has 1 fully saturated rings. The zero-order valence-corrected chi connectivity index (χ0v) is 8.77. The van der Waals surface area contributed by atoms with E-state index in [-0.39, 0.29) is 0 Å². The SMILES string of the molecule is CCC(C)C(CC1CCC1)NC. The minimum absolute atomic E-state index is 0.764. The Balaban J connectivity index is 2.23. The molecule has 1 aliphatic carbocycles. The molecular weight excluding hydrogens is 146 g/mol. The number of hydrogen-bond donors (Lipinski definition) is 1. The molecule has 12 heavy (non-hydrogen) atoms. The van der Waals surface area contributed by atoms with Crippen LogP contribution in [0.5, 0.6) is 0 Å². The van der Waals surface area contributed by atoms with Crippen LogP contribution in [0, 0.1) is 11.8 Å². The highest BCUT2D eigenvalue weighted by Gasteiger charge is 2.23. The molecule has 0 aliphatic heterocycles. The van der Waals surface area contributed by atoms with E-state index in [2.05, 4.69) is 26.2 Å². The molecule has 1 N–H and O–H groups in total. The van der Waals surface area contributed by atoms with E-state index in [1.165, 1.54) is 32.1 Å². The van der Waals surface area contributed by atoms with Crippen molar-refractivity contribution >= 4 is 0 Å². The largest absolute Gasteiger partial charge is 0.317 e. The van der Waals surface area contributed by atoms with Crippen molar-refractivity contribution in [2.24, 2.45) is 11.8 Å². The van der Waals surface area contributed by atoms with E-state index < -0.39 is 0 Å². The van der Waals surface area contributed by atoms with E-state index in [0.717, 1.165) is 17.9 Å². The van der Waals surface area contributed by atoms with Crippen molar-refractivity contribution in [2.75, 3.05) is 7.05 Å². The van der Waals surface area contributed by atoms with Crippen molar-refractivity contribution in [3.63, 3.8) is 0 Å². The number of nitrogens with one attached hydrogen (secondary N) is 1. The van der Waals surface area contributed by atoms with Gasteiger partial charge in [0.05, 0.1) is 0 Å². The zero-order chi connectivity index (χ0) is 8.97. The lowest BCUT2D eigenvalue weighted by molar-refractivity contribution is 0.232. The van der Waals surface area contributed by atoms with Gasteiger partial charge >= 0.3 is 0 Å². The van der Waals surface area contributed by atoms with Gasteiger partial charge in [-0.2, -0.15) is 0 Å². The van der Waals surface area contributed by atoms with Crippen LogP contribution in [0.4, 0.5) is 0 Å². The first-order valence-corrected chi connectivity index (χ1v) is 5.45. The van der Waals surface area contributed by atoms with Crippen molar-refractivity contribution in [3.8, 4) is 0 Å². The molecule has 1 saturated carbocycles. The molecule has 1 heteroatoms. The predicted octanol–water partition coefficient (Wildman–Crippen LogP) is 2.81. The molecule has 1 nitrogen and oxygen atoms in total. The molecule has 1 rings (SSSR count). The Morgan fingerprint density at radius 1 is 1.42 bits per heavy atom. The van der Waals surface area contributed by atoms with E-state index in [1.807, 2.05) is 0 Å². The zero-order valence-electron chi connectivity index (χ0n) is 8.77. The normalized spacial score (nSPS) is 23.2. The second-order valence-electron chi connectivity index (χ2n) is 4.31. The monoisotopic (exact) mass is 169 g/mol. The van der Waals surface area contributed by atoms with E-state index in [1.54, 1.807) is 0 Å². The summed E-state index contributed by atoms with van der Waals surface area (Å²) >= 11 is 0. The van der Waals surface area contributed by atoms with Crippen LogP contribution in [-0.2, 0) is 0 Å². The van der Waals surface area contributed by atoms with E-state index in [0.29, 0.717) is 0 Å². The molecular formula is C11H23N. The average Bonchev–Trinajstić information content (AvgIpc) is 2.02. The van der Waals surface area contributed by atoms with Crippen molar-refractivity contribution in [2.45, 2.75) is 52.0 Å². The van der Waals surface area contributed by atoms with Crippen LogP contribution in [-0.4, -0.2) is 13.1 Å². The van der Waals surface area contributed by atoms with Gasteiger partial charge in [0.1, 0.15) is 0 Å². The molecule has 2 atom stereocenters. The molecule has 0 aromatic carbocycles. The molecule has 2 unspecified atom stereocenters. The van der Waals surface area contributed by atoms with Gasteiger partial charge in [-0.3, -0.25) is 0 Å². The third kappa shape index (κ3) is 2.48. The molecule has 0 saturated heterocycles. The standard InChI is InChI=1S/C11H23N/c1-4-9(2)11(12-3)8-10-6-5-7-10/h9-12H,4-8H2,1-3H3. The quantitative estimate of drug-likeness (QED) is 0.667. The van der Waals surface area contributed by atoms with Crippen molar-refractivity contribution in [3.05, 3.63) is 0 Å². The molecule has 0 radical (unpaired) electrons. The highest BCUT2D eigenvalue weighted by molar-refractivity contribution is 4.79. The van der Waals surface area contributed by atoms with Gasteiger partial charge in [-0.05, 0) is 25.3 Å². The number of hydrogen-bond acceptors (Lipinski definition) is 1. The molecule has 1 aliphatic rings. The number of rotatable bonds is 5. The Labute approximate surface area is 76.9 Å². The lowest BCUT2D eigenvalue weighted by atomic mass is 9.78. The summed E-state index contributed by atoms with van der Waals surface area (Å²) < 4.78 is 0. The highest BCUT2D eigenvalue weighted by Crippen LogP contribution is 2.32. The molecule has 0 bridgehead atoms. The van der Waals surface area contributed by atoms with Gasteiger partial charge in [-0.25, -0.2) is 0 Å². The van der Waals surface area contributed by atoms with Crippen molar-refractivity contribution in [1.29, 1.82) is 0 Å². The highest BCUT2D eigenvalue weighted by atomic mass is 14.9. The fourth-order valence-electron chi connectivity index (χ4n) is 2.01. The summed E-state index contributed by atoms with van der Waals surface area (Å²) in [5.41, 5.74) is 0. The minimum Gasteiger partial charge on any atom is -0.317 e. The molecule has 0 aromatic rings. The molecule has 0 aromatic heterocycles. The molecule has 0 amide bonds. The summed E-state index contributed by atoms with van der Waals surface area (Å²) in [6, 6.07) is 0.764. The third-order valence-corrected chi connectivity index (χ3v) is 3.51. The van der Waals surface area contributed by atoms with Crippen LogP contribution in [0.15, 0.2) is 0 Å². The van der Waals surface area contributed by atoms with Crippen LogP contribution in [0.25, 0.3) is 0 Å². The van der Waals surface area contributed by atoms with Gasteiger partial charge in [0.15, 0.2) is 0 Å². The summed E-state index contributed by atoms with van der Waals surface area (Å²) in [5, 5.41) is 3.45. The van der Waals surface area contributed by atoms with Crippen LogP contribution >= 0.6 is 0 Å². The third-order valence-electron chi connectivity index (χ3n) is 3.51. The molecule has 0 heterocycles. The Morgan fingerprint density at radius 3 is 2.42 bits per heavy atom. The maximum Gasteiger partial charge on any atom is 0.00922 e. The second-order valence-corrected chi connectivity index (χ2v) is 4.31. The van der Waals surface area contributed by atoms with Crippen LogP contribution in [0.2, 0.25) is 0 Å². The maximum atomic E-state index is 3.45. The van der Waals surface area contributed by atoms with Gasteiger partial charge < -0.3 is 5.32 Å². The fourth-order valence-corrected chi connectivity index (χ4v) is 2.01. The Hall–Kier alpha value is -0.0400. The van der Waals surface area contributed by atoms with Gasteiger partial charge in [-0.1, -0.05) is 39.5 Å². The van der Waals surface area contributed by atoms with E-state index in [9.17, 15) is 0 Å². The maximum absolute atomic E-state index is 3.45. The van der Waals surface area contributed by atoms with E-state index >= 15 is 0 Å². The summed E-state index contributed by atoms with van der Waals surface area (Å²) in [5.74, 6) is 1.88. The van der Waals surface area contributed by atoms with Gasteiger partial charge in [-0.15, -0.1) is 0 Å². The fraction of sp³-hybridized carbons (Fsp3) is 1.00. The predicted molar refractivity (Wildman–Crippen MR) is 54.3 cm³/mol. The van der Waals surface area contributed by atoms with Crippen LogP contribution in [0.1, 0.15) is 46.0 Å². The Bertz CT molecular complexity index is 118. The average molecular weight is 169 g/mol. The Kier molecular flexibility index (Phi) is 4.07. The van der Waals surface area contributed by atoms with Crippen LogP contribution < -0.4 is 5.32 Å². The Morgan fingerprint density at radius 2 is 2.08 bits per heavy atom. The van der Waals surface area contributed by atoms with Crippen molar-refractivity contribution in [1.82, 2.24) is 5.32 Å². The summed E-state index contributed by atoms with van der Waals surface area (Å²) in [6.07, 6.45) is 7.15. The first-order valence-electron chi connectivity index (χ1n) is 5.45. The topological polar surface area (TPSA) is 12.0 Å². The van der Waals surface area contributed by atoms with Crippen molar-refractivity contribution < 1.29 is 0 Å². The first kappa shape index (κ1) is 10.0. The van der Waals surface area contributed by atoms with Gasteiger partial charge in [0, 0.05) is 6.04 Å². The smallest absolute Gasteiger partial charge is 0.00922 e. The van der Waals surface area contributed by atoms with Gasteiger partial charge in [0.25, 0.3) is 0 Å². The summed E-state index contributed by atoms with van der Waals surface area (Å²) in [6.45, 7) is 4.65. The lowest BCUT2D eigenvalue weighted by Crippen LogP contribution is -2.35. The van der Waals surface area contributed by atoms with Gasteiger partial charge in [0.2, 0.25) is 0 Å².